The fourth-order valence-corrected chi connectivity index (χ4v) is 3.38. The van der Waals surface area contributed by atoms with Crippen molar-refractivity contribution in [2.75, 3.05) is 37.6 Å². The van der Waals surface area contributed by atoms with Crippen molar-refractivity contribution in [3.63, 3.8) is 0 Å². The Morgan fingerprint density at radius 2 is 1.91 bits per heavy atom. The van der Waals surface area contributed by atoms with Gasteiger partial charge in [-0.25, -0.2) is 4.98 Å². The van der Waals surface area contributed by atoms with E-state index in [-0.39, 0.29) is 11.9 Å². The summed E-state index contributed by atoms with van der Waals surface area (Å²) in [5.41, 5.74) is 2.23. The first kappa shape index (κ1) is 14.4. The van der Waals surface area contributed by atoms with E-state index in [1.54, 1.807) is 6.20 Å². The summed E-state index contributed by atoms with van der Waals surface area (Å²) in [5.74, 6) is 0.905. The van der Waals surface area contributed by atoms with Crippen molar-refractivity contribution in [2.45, 2.75) is 6.04 Å². The first-order valence-electron chi connectivity index (χ1n) is 8.10. The minimum Gasteiger partial charge on any atom is -0.313 e. The van der Waals surface area contributed by atoms with Crippen LogP contribution in [-0.4, -0.2) is 54.6 Å². The summed E-state index contributed by atoms with van der Waals surface area (Å²) in [7, 11) is 0. The molecule has 0 saturated carbocycles. The summed E-state index contributed by atoms with van der Waals surface area (Å²) in [6.07, 6.45) is 1.79. The summed E-state index contributed by atoms with van der Waals surface area (Å²) < 4.78 is 0. The molecule has 0 radical (unpaired) electrons. The second-order valence-electron chi connectivity index (χ2n) is 6.01. The molecule has 5 heteroatoms. The fourth-order valence-electron chi connectivity index (χ4n) is 3.38. The van der Waals surface area contributed by atoms with Gasteiger partial charge in [-0.1, -0.05) is 30.3 Å². The van der Waals surface area contributed by atoms with Gasteiger partial charge in [0, 0.05) is 38.9 Å². The van der Waals surface area contributed by atoms with Gasteiger partial charge in [0.2, 0.25) is 5.91 Å². The maximum absolute atomic E-state index is 12.8. The summed E-state index contributed by atoms with van der Waals surface area (Å²) in [6.45, 7) is 4.26. The Labute approximate surface area is 135 Å². The molecule has 2 aliphatic heterocycles. The molecule has 1 N–H and O–H groups in total. The van der Waals surface area contributed by atoms with Crippen LogP contribution in [0, 0.1) is 0 Å². The number of rotatable bonds is 2. The smallest absolute Gasteiger partial charge is 0.246 e. The lowest BCUT2D eigenvalue weighted by Gasteiger charge is -2.42. The molecule has 23 heavy (non-hydrogen) atoms. The Balaban J connectivity index is 1.62. The van der Waals surface area contributed by atoms with E-state index in [0.717, 1.165) is 43.1 Å². The summed E-state index contributed by atoms with van der Waals surface area (Å²) in [6, 6.07) is 14.1. The topological polar surface area (TPSA) is 48.5 Å². The quantitative estimate of drug-likeness (QED) is 0.910. The molecule has 4 rings (SSSR count). The Hall–Kier alpha value is -2.24. The van der Waals surface area contributed by atoms with Gasteiger partial charge in [0.25, 0.3) is 0 Å². The molecule has 0 unspecified atom stereocenters. The lowest BCUT2D eigenvalue weighted by molar-refractivity contribution is -0.126. The number of pyridine rings is 1. The fraction of sp³-hybridized carbons (Fsp3) is 0.333. The van der Waals surface area contributed by atoms with E-state index < -0.39 is 0 Å². The lowest BCUT2D eigenvalue weighted by atomic mass is 10.1. The van der Waals surface area contributed by atoms with Crippen LogP contribution in [0.15, 0.2) is 48.7 Å². The molecular formula is C18H20N4O. The summed E-state index contributed by atoms with van der Waals surface area (Å²) >= 11 is 0. The Bertz CT molecular complexity index is 703. The number of nitrogens with one attached hydrogen (secondary N) is 1. The average molecular weight is 308 g/mol. The van der Waals surface area contributed by atoms with E-state index >= 15 is 0 Å². The van der Waals surface area contributed by atoms with Gasteiger partial charge in [0.1, 0.15) is 11.9 Å². The van der Waals surface area contributed by atoms with Gasteiger partial charge in [-0.05, 0) is 23.3 Å². The monoisotopic (exact) mass is 308 g/mol. The molecule has 118 valence electrons. The molecule has 2 saturated heterocycles. The second-order valence-corrected chi connectivity index (χ2v) is 6.01. The van der Waals surface area contributed by atoms with Gasteiger partial charge in [0.05, 0.1) is 0 Å². The largest absolute Gasteiger partial charge is 0.313 e. The van der Waals surface area contributed by atoms with E-state index in [1.165, 1.54) is 0 Å². The highest BCUT2D eigenvalue weighted by Crippen LogP contribution is 2.25. The van der Waals surface area contributed by atoms with E-state index in [9.17, 15) is 4.79 Å². The summed E-state index contributed by atoms with van der Waals surface area (Å²) in [5, 5.41) is 3.31. The van der Waals surface area contributed by atoms with Gasteiger partial charge >= 0.3 is 0 Å². The first-order valence-corrected chi connectivity index (χ1v) is 8.10. The molecule has 3 heterocycles. The number of anilines is 1. The van der Waals surface area contributed by atoms with Crippen molar-refractivity contribution in [3.8, 4) is 11.1 Å². The van der Waals surface area contributed by atoms with Crippen LogP contribution in [0.5, 0.6) is 0 Å². The zero-order valence-electron chi connectivity index (χ0n) is 13.0. The van der Waals surface area contributed by atoms with E-state index in [2.05, 4.69) is 27.3 Å². The third-order valence-electron chi connectivity index (χ3n) is 4.65. The number of carbonyl (C=O) groups is 1. The third-order valence-corrected chi connectivity index (χ3v) is 4.65. The van der Waals surface area contributed by atoms with Crippen molar-refractivity contribution in [1.82, 2.24) is 15.2 Å². The number of carbonyl (C=O) groups excluding carboxylic acids is 1. The molecule has 0 bridgehead atoms. The van der Waals surface area contributed by atoms with Gasteiger partial charge in [-0.2, -0.15) is 0 Å². The van der Waals surface area contributed by atoms with E-state index in [1.807, 2.05) is 35.2 Å². The highest BCUT2D eigenvalue weighted by atomic mass is 16.2. The van der Waals surface area contributed by atoms with Gasteiger partial charge in [-0.15, -0.1) is 0 Å². The number of hydrogen-bond acceptors (Lipinski definition) is 4. The number of benzene rings is 1. The van der Waals surface area contributed by atoms with Crippen molar-refractivity contribution < 1.29 is 4.79 Å². The number of hydrogen-bond donors (Lipinski definition) is 1. The van der Waals surface area contributed by atoms with Crippen molar-refractivity contribution in [3.05, 3.63) is 48.7 Å². The SMILES string of the molecule is O=C1[C@H]2CNCCN2CCN1c1cc(-c2ccccc2)ccn1. The first-order chi connectivity index (χ1) is 11.3. The minimum atomic E-state index is -0.0559. The van der Waals surface area contributed by atoms with Gasteiger partial charge in [-0.3, -0.25) is 14.6 Å². The van der Waals surface area contributed by atoms with Crippen molar-refractivity contribution in [1.29, 1.82) is 0 Å². The summed E-state index contributed by atoms with van der Waals surface area (Å²) in [4.78, 5) is 21.4. The Kier molecular flexibility index (Phi) is 3.81. The molecule has 1 aromatic carbocycles. The molecule has 0 aliphatic carbocycles. The van der Waals surface area contributed by atoms with Crippen LogP contribution < -0.4 is 10.2 Å². The predicted octanol–water partition coefficient (Wildman–Crippen LogP) is 1.37. The minimum absolute atomic E-state index is 0.0559. The normalized spacial score (nSPS) is 22.0. The zero-order valence-corrected chi connectivity index (χ0v) is 13.0. The molecular weight excluding hydrogens is 288 g/mol. The van der Waals surface area contributed by atoms with E-state index in [4.69, 9.17) is 0 Å². The van der Waals surface area contributed by atoms with Crippen LogP contribution >= 0.6 is 0 Å². The average Bonchev–Trinajstić information content (AvgIpc) is 2.63. The highest BCUT2D eigenvalue weighted by Gasteiger charge is 2.37. The number of fused-ring (bicyclic) bond motifs is 1. The highest BCUT2D eigenvalue weighted by molar-refractivity contribution is 5.97. The van der Waals surface area contributed by atoms with Gasteiger partial charge in [0.15, 0.2) is 0 Å². The molecule has 1 aromatic heterocycles. The van der Waals surface area contributed by atoms with Crippen LogP contribution in [0.2, 0.25) is 0 Å². The van der Waals surface area contributed by atoms with Crippen LogP contribution in [0.3, 0.4) is 0 Å². The van der Waals surface area contributed by atoms with Gasteiger partial charge < -0.3 is 5.32 Å². The number of nitrogens with zero attached hydrogens (tertiary/aromatic N) is 3. The maximum atomic E-state index is 12.8. The van der Waals surface area contributed by atoms with Crippen LogP contribution in [-0.2, 0) is 4.79 Å². The zero-order chi connectivity index (χ0) is 15.6. The predicted molar refractivity (Wildman–Crippen MR) is 90.3 cm³/mol. The molecule has 5 nitrogen and oxygen atoms in total. The van der Waals surface area contributed by atoms with Crippen molar-refractivity contribution in [2.24, 2.45) is 0 Å². The second kappa shape index (κ2) is 6.10. The molecule has 1 atom stereocenters. The molecule has 0 spiro atoms. The number of amides is 1. The lowest BCUT2D eigenvalue weighted by Crippen LogP contribution is -2.64. The van der Waals surface area contributed by atoms with Crippen molar-refractivity contribution >= 4 is 11.7 Å². The van der Waals surface area contributed by atoms with Crippen LogP contribution in [0.4, 0.5) is 5.82 Å². The standard InChI is InChI=1S/C18H20N4O/c23-18-16-13-19-8-9-21(16)10-11-22(18)17-12-15(6-7-20-17)14-4-2-1-3-5-14/h1-7,12,16,19H,8-11,13H2/t16-/m1/s1. The number of piperazine rings is 2. The molecule has 1 amide bonds. The molecule has 2 fully saturated rings. The molecule has 2 aliphatic rings. The van der Waals surface area contributed by atoms with Crippen LogP contribution in [0.25, 0.3) is 11.1 Å². The Morgan fingerprint density at radius 1 is 1.04 bits per heavy atom. The maximum Gasteiger partial charge on any atom is 0.246 e. The molecule has 2 aromatic rings. The Morgan fingerprint density at radius 3 is 2.78 bits per heavy atom. The van der Waals surface area contributed by atoms with Crippen LogP contribution in [0.1, 0.15) is 0 Å². The third kappa shape index (κ3) is 2.73. The number of aromatic nitrogens is 1. The van der Waals surface area contributed by atoms with E-state index in [0.29, 0.717) is 6.54 Å².